The fraction of sp³-hybridized carbons (Fsp3) is 0.619. The third kappa shape index (κ3) is 2.76. The second-order valence-corrected chi connectivity index (χ2v) is 8.31. The van der Waals surface area contributed by atoms with Crippen molar-refractivity contribution in [3.05, 3.63) is 34.9 Å². The summed E-state index contributed by atoms with van der Waals surface area (Å²) in [5.74, 6) is -0.161. The maximum absolute atomic E-state index is 12.4. The van der Waals surface area contributed by atoms with Gasteiger partial charge in [0.2, 0.25) is 0 Å². The SMILES string of the molecule is COC(=O)C1(C)CCC(/C(=N/O)c2ccc3c(c2)CCCC3)C1(C)C. The van der Waals surface area contributed by atoms with Crippen LogP contribution in [-0.2, 0) is 22.4 Å². The van der Waals surface area contributed by atoms with Gasteiger partial charge in [-0.15, -0.1) is 0 Å². The summed E-state index contributed by atoms with van der Waals surface area (Å²) in [4.78, 5) is 12.4. The molecule has 0 radical (unpaired) electrons. The minimum absolute atomic E-state index is 0.0169. The van der Waals surface area contributed by atoms with Gasteiger partial charge in [0.05, 0.1) is 18.2 Å². The minimum Gasteiger partial charge on any atom is -0.469 e. The minimum atomic E-state index is -0.573. The quantitative estimate of drug-likeness (QED) is 0.384. The highest BCUT2D eigenvalue weighted by Gasteiger charge is 2.58. The van der Waals surface area contributed by atoms with Crippen molar-refractivity contribution in [2.24, 2.45) is 21.9 Å². The third-order valence-electron chi connectivity index (χ3n) is 6.94. The van der Waals surface area contributed by atoms with Crippen LogP contribution in [-0.4, -0.2) is 24.0 Å². The molecule has 25 heavy (non-hydrogen) atoms. The molecule has 2 aliphatic carbocycles. The van der Waals surface area contributed by atoms with Crippen molar-refractivity contribution >= 4 is 11.7 Å². The average Bonchev–Trinajstić information content (AvgIpc) is 2.86. The molecule has 1 N–H and O–H groups in total. The van der Waals surface area contributed by atoms with E-state index in [4.69, 9.17) is 4.74 Å². The Kier molecular flexibility index (Phi) is 4.65. The van der Waals surface area contributed by atoms with Crippen LogP contribution in [0.25, 0.3) is 0 Å². The summed E-state index contributed by atoms with van der Waals surface area (Å²) in [5, 5.41) is 13.5. The Hall–Kier alpha value is -1.84. The second-order valence-electron chi connectivity index (χ2n) is 8.31. The number of rotatable bonds is 3. The van der Waals surface area contributed by atoms with E-state index >= 15 is 0 Å². The van der Waals surface area contributed by atoms with Gasteiger partial charge in [-0.05, 0) is 73.6 Å². The number of nitrogens with zero attached hydrogens (tertiary/aromatic N) is 1. The molecular formula is C21H29NO3. The molecule has 0 bridgehead atoms. The number of carbonyl (C=O) groups excluding carboxylic acids is 1. The van der Waals surface area contributed by atoms with Gasteiger partial charge in [0.1, 0.15) is 0 Å². The first kappa shape index (κ1) is 18.0. The van der Waals surface area contributed by atoms with Gasteiger partial charge in [-0.1, -0.05) is 31.1 Å². The molecule has 0 heterocycles. The molecule has 4 nitrogen and oxygen atoms in total. The Balaban J connectivity index is 1.96. The Morgan fingerprint density at radius 2 is 1.88 bits per heavy atom. The molecule has 136 valence electrons. The van der Waals surface area contributed by atoms with E-state index in [1.807, 2.05) is 6.92 Å². The molecular weight excluding hydrogens is 314 g/mol. The first-order valence-electron chi connectivity index (χ1n) is 9.27. The van der Waals surface area contributed by atoms with Crippen LogP contribution >= 0.6 is 0 Å². The summed E-state index contributed by atoms with van der Waals surface area (Å²) in [5.41, 5.74) is 3.55. The van der Waals surface area contributed by atoms with E-state index in [1.54, 1.807) is 0 Å². The fourth-order valence-corrected chi connectivity index (χ4v) is 4.79. The first-order chi connectivity index (χ1) is 11.8. The van der Waals surface area contributed by atoms with Gasteiger partial charge in [0.25, 0.3) is 0 Å². The predicted octanol–water partition coefficient (Wildman–Crippen LogP) is 4.36. The van der Waals surface area contributed by atoms with Gasteiger partial charge in [0, 0.05) is 5.92 Å². The Morgan fingerprint density at radius 1 is 1.20 bits per heavy atom. The standard InChI is InChI=1S/C21H29NO3/c1-20(2)17(11-12-21(20,3)19(23)25-4)18(22-24)16-10-9-14-7-5-6-8-15(14)13-16/h9-10,13,17,24H,5-8,11-12H2,1-4H3/b22-18+. The summed E-state index contributed by atoms with van der Waals surface area (Å²) < 4.78 is 5.07. The number of oxime groups is 1. The molecule has 2 aliphatic rings. The van der Waals surface area contributed by atoms with Crippen LogP contribution in [0.5, 0.6) is 0 Å². The molecule has 1 aromatic rings. The molecule has 1 fully saturated rings. The van der Waals surface area contributed by atoms with E-state index in [1.165, 1.54) is 31.1 Å². The molecule has 0 spiro atoms. The number of hydrogen-bond acceptors (Lipinski definition) is 4. The number of ether oxygens (including phenoxy) is 1. The first-order valence-corrected chi connectivity index (χ1v) is 9.27. The Morgan fingerprint density at radius 3 is 2.52 bits per heavy atom. The fourth-order valence-electron chi connectivity index (χ4n) is 4.79. The largest absolute Gasteiger partial charge is 0.469 e. The summed E-state index contributed by atoms with van der Waals surface area (Å²) in [6, 6.07) is 6.44. The average molecular weight is 343 g/mol. The number of esters is 1. The zero-order valence-corrected chi connectivity index (χ0v) is 15.8. The van der Waals surface area contributed by atoms with Crippen molar-refractivity contribution in [1.82, 2.24) is 0 Å². The van der Waals surface area contributed by atoms with Gasteiger partial charge in [-0.3, -0.25) is 4.79 Å². The molecule has 0 saturated heterocycles. The third-order valence-corrected chi connectivity index (χ3v) is 6.94. The van der Waals surface area contributed by atoms with Crippen molar-refractivity contribution in [3.8, 4) is 0 Å². The molecule has 1 aromatic carbocycles. The maximum Gasteiger partial charge on any atom is 0.312 e. The van der Waals surface area contributed by atoms with Gasteiger partial charge in [0.15, 0.2) is 0 Å². The zero-order chi connectivity index (χ0) is 18.2. The van der Waals surface area contributed by atoms with Crippen molar-refractivity contribution in [2.45, 2.75) is 59.3 Å². The Labute approximate surface area is 150 Å². The van der Waals surface area contributed by atoms with E-state index in [0.29, 0.717) is 5.71 Å². The molecule has 2 unspecified atom stereocenters. The van der Waals surface area contributed by atoms with E-state index in [0.717, 1.165) is 31.2 Å². The maximum atomic E-state index is 12.4. The van der Waals surface area contributed by atoms with Gasteiger partial charge >= 0.3 is 5.97 Å². The molecule has 4 heteroatoms. The smallest absolute Gasteiger partial charge is 0.312 e. The summed E-state index contributed by atoms with van der Waals surface area (Å²) in [6.45, 7) is 6.15. The van der Waals surface area contributed by atoms with Gasteiger partial charge < -0.3 is 9.94 Å². The topological polar surface area (TPSA) is 58.9 Å². The lowest BCUT2D eigenvalue weighted by molar-refractivity contribution is -0.157. The lowest BCUT2D eigenvalue weighted by Gasteiger charge is -2.39. The highest BCUT2D eigenvalue weighted by molar-refractivity contribution is 6.03. The molecule has 1 saturated carbocycles. The van der Waals surface area contributed by atoms with Crippen molar-refractivity contribution in [3.63, 3.8) is 0 Å². The van der Waals surface area contributed by atoms with Gasteiger partial charge in [-0.2, -0.15) is 0 Å². The van der Waals surface area contributed by atoms with Crippen molar-refractivity contribution in [2.75, 3.05) is 7.11 Å². The highest BCUT2D eigenvalue weighted by Crippen LogP contribution is 2.57. The molecule has 2 atom stereocenters. The number of fused-ring (bicyclic) bond motifs is 1. The monoisotopic (exact) mass is 343 g/mol. The van der Waals surface area contributed by atoms with Crippen LogP contribution in [0.4, 0.5) is 0 Å². The van der Waals surface area contributed by atoms with E-state index in [2.05, 4.69) is 37.2 Å². The van der Waals surface area contributed by atoms with Crippen molar-refractivity contribution < 1.29 is 14.7 Å². The lowest BCUT2D eigenvalue weighted by atomic mass is 9.64. The molecule has 0 aliphatic heterocycles. The lowest BCUT2D eigenvalue weighted by Crippen LogP contribution is -2.43. The van der Waals surface area contributed by atoms with Crippen LogP contribution in [0.15, 0.2) is 23.4 Å². The number of benzene rings is 1. The molecule has 0 amide bonds. The normalized spacial score (nSPS) is 28.5. The number of methoxy groups -OCH3 is 1. The summed E-state index contributed by atoms with van der Waals surface area (Å²) >= 11 is 0. The second kappa shape index (κ2) is 6.47. The summed E-state index contributed by atoms with van der Waals surface area (Å²) in [7, 11) is 1.45. The Bertz CT molecular complexity index is 707. The van der Waals surface area contributed by atoms with E-state index < -0.39 is 5.41 Å². The molecule has 3 rings (SSSR count). The number of hydrogen-bond donors (Lipinski definition) is 1. The van der Waals surface area contributed by atoms with Crippen LogP contribution in [0, 0.1) is 16.7 Å². The zero-order valence-electron chi connectivity index (χ0n) is 15.8. The van der Waals surface area contributed by atoms with Crippen LogP contribution in [0.3, 0.4) is 0 Å². The van der Waals surface area contributed by atoms with Crippen LogP contribution in [0.2, 0.25) is 0 Å². The summed E-state index contributed by atoms with van der Waals surface area (Å²) in [6.07, 6.45) is 6.25. The van der Waals surface area contributed by atoms with E-state index in [-0.39, 0.29) is 17.3 Å². The number of aryl methyl sites for hydroxylation is 2. The predicted molar refractivity (Wildman–Crippen MR) is 98.0 cm³/mol. The van der Waals surface area contributed by atoms with Crippen molar-refractivity contribution in [1.29, 1.82) is 0 Å². The number of carbonyl (C=O) groups is 1. The van der Waals surface area contributed by atoms with Crippen LogP contribution < -0.4 is 0 Å². The van der Waals surface area contributed by atoms with E-state index in [9.17, 15) is 10.0 Å². The van der Waals surface area contributed by atoms with Crippen LogP contribution in [0.1, 0.15) is 63.1 Å². The van der Waals surface area contributed by atoms with Gasteiger partial charge in [-0.25, -0.2) is 0 Å². The molecule has 0 aromatic heterocycles. The highest BCUT2D eigenvalue weighted by atomic mass is 16.5.